The maximum Gasteiger partial charge on any atom is 0.248 e. The van der Waals surface area contributed by atoms with Crippen LogP contribution in [-0.4, -0.2) is 5.91 Å². The van der Waals surface area contributed by atoms with Crippen molar-refractivity contribution < 1.29 is 9.18 Å². The largest absolute Gasteiger partial charge is 0.378 e. The highest BCUT2D eigenvalue weighted by Crippen LogP contribution is 2.23. The minimum absolute atomic E-state index is 0.246. The van der Waals surface area contributed by atoms with Crippen molar-refractivity contribution in [3.63, 3.8) is 0 Å². The van der Waals surface area contributed by atoms with Gasteiger partial charge in [0.2, 0.25) is 5.91 Å². The molecule has 1 amide bonds. The van der Waals surface area contributed by atoms with Crippen molar-refractivity contribution in [3.8, 4) is 0 Å². The Kier molecular flexibility index (Phi) is 3.84. The van der Waals surface area contributed by atoms with E-state index in [-0.39, 0.29) is 11.3 Å². The molecule has 0 atom stereocenters. The van der Waals surface area contributed by atoms with Crippen molar-refractivity contribution in [2.24, 2.45) is 5.73 Å². The maximum atomic E-state index is 13.5. The van der Waals surface area contributed by atoms with Crippen LogP contribution in [0, 0.1) is 5.82 Å². The van der Waals surface area contributed by atoms with E-state index < -0.39 is 11.7 Å². The molecule has 0 saturated heterocycles. The zero-order valence-electron chi connectivity index (χ0n) is 9.24. The summed E-state index contributed by atoms with van der Waals surface area (Å²) in [7, 11) is 0. The molecule has 0 aliphatic carbocycles. The Morgan fingerprint density at radius 3 is 2.78 bits per heavy atom. The van der Waals surface area contributed by atoms with E-state index in [2.05, 4.69) is 5.32 Å². The Morgan fingerprint density at radius 2 is 2.17 bits per heavy atom. The SMILES string of the molecule is NC(=O)c1ccc(F)c(NCc2ccc(Cl)s2)c1. The molecule has 94 valence electrons. The minimum Gasteiger partial charge on any atom is -0.378 e. The van der Waals surface area contributed by atoms with Crippen molar-refractivity contribution in [2.75, 3.05) is 5.32 Å². The Hall–Kier alpha value is -1.59. The van der Waals surface area contributed by atoms with Crippen LogP contribution in [0.1, 0.15) is 15.2 Å². The van der Waals surface area contributed by atoms with Gasteiger partial charge in [-0.2, -0.15) is 0 Å². The molecule has 3 N–H and O–H groups in total. The fraction of sp³-hybridized carbons (Fsp3) is 0.0833. The van der Waals surface area contributed by atoms with Crippen molar-refractivity contribution in [1.82, 2.24) is 0 Å². The molecule has 0 fully saturated rings. The van der Waals surface area contributed by atoms with Gasteiger partial charge in [0.25, 0.3) is 0 Å². The summed E-state index contributed by atoms with van der Waals surface area (Å²) in [5.41, 5.74) is 5.65. The summed E-state index contributed by atoms with van der Waals surface area (Å²) in [4.78, 5) is 12.0. The summed E-state index contributed by atoms with van der Waals surface area (Å²) in [5.74, 6) is -1.01. The molecular weight excluding hydrogens is 275 g/mol. The number of carbonyl (C=O) groups excluding carboxylic acids is 1. The van der Waals surface area contributed by atoms with Gasteiger partial charge >= 0.3 is 0 Å². The van der Waals surface area contributed by atoms with Gasteiger partial charge in [-0.15, -0.1) is 11.3 Å². The number of rotatable bonds is 4. The van der Waals surface area contributed by atoms with E-state index in [9.17, 15) is 9.18 Å². The Balaban J connectivity index is 2.13. The van der Waals surface area contributed by atoms with Crippen LogP contribution in [0.4, 0.5) is 10.1 Å². The number of hydrogen-bond donors (Lipinski definition) is 2. The highest BCUT2D eigenvalue weighted by molar-refractivity contribution is 7.16. The summed E-state index contributed by atoms with van der Waals surface area (Å²) in [5, 5.41) is 2.91. The average Bonchev–Trinajstić information content (AvgIpc) is 2.74. The molecule has 0 saturated carbocycles. The number of thiophene rings is 1. The highest BCUT2D eigenvalue weighted by atomic mass is 35.5. The third-order valence-corrected chi connectivity index (χ3v) is 3.56. The second-order valence-electron chi connectivity index (χ2n) is 3.62. The predicted octanol–water partition coefficient (Wildman–Crippen LogP) is 3.25. The lowest BCUT2D eigenvalue weighted by atomic mass is 10.2. The van der Waals surface area contributed by atoms with Crippen LogP contribution in [0.2, 0.25) is 4.34 Å². The number of nitrogens with two attached hydrogens (primary N) is 1. The minimum atomic E-state index is -0.586. The molecule has 0 radical (unpaired) electrons. The fourth-order valence-corrected chi connectivity index (χ4v) is 2.47. The van der Waals surface area contributed by atoms with E-state index in [1.54, 1.807) is 6.07 Å². The standard InChI is InChI=1S/C12H10ClFN2OS/c13-11-4-2-8(18-11)6-16-10-5-7(12(15)17)1-3-9(10)14/h1-5,16H,6H2,(H2,15,17). The van der Waals surface area contributed by atoms with Gasteiger partial charge in [-0.25, -0.2) is 4.39 Å². The Morgan fingerprint density at radius 1 is 1.39 bits per heavy atom. The molecule has 3 nitrogen and oxygen atoms in total. The van der Waals surface area contributed by atoms with Crippen molar-refractivity contribution >= 4 is 34.5 Å². The molecule has 6 heteroatoms. The quantitative estimate of drug-likeness (QED) is 0.905. The number of anilines is 1. The smallest absolute Gasteiger partial charge is 0.248 e. The molecule has 0 aliphatic heterocycles. The number of amides is 1. The van der Waals surface area contributed by atoms with Gasteiger partial charge in [0, 0.05) is 17.0 Å². The lowest BCUT2D eigenvalue weighted by Crippen LogP contribution is -2.12. The lowest BCUT2D eigenvalue weighted by Gasteiger charge is -2.07. The first-order valence-electron chi connectivity index (χ1n) is 5.13. The van der Waals surface area contributed by atoms with Gasteiger partial charge in [-0.05, 0) is 30.3 Å². The second kappa shape index (κ2) is 5.37. The number of carbonyl (C=O) groups is 1. The van der Waals surface area contributed by atoms with Gasteiger partial charge in [-0.3, -0.25) is 4.79 Å². The van der Waals surface area contributed by atoms with Gasteiger partial charge < -0.3 is 11.1 Å². The molecule has 18 heavy (non-hydrogen) atoms. The second-order valence-corrected chi connectivity index (χ2v) is 5.42. The van der Waals surface area contributed by atoms with Gasteiger partial charge in [0.15, 0.2) is 0 Å². The maximum absolute atomic E-state index is 13.5. The van der Waals surface area contributed by atoms with Gasteiger partial charge in [0.05, 0.1) is 10.0 Å². The first-order valence-corrected chi connectivity index (χ1v) is 6.33. The number of nitrogens with one attached hydrogen (secondary N) is 1. The van der Waals surface area contributed by atoms with Crippen molar-refractivity contribution in [3.05, 3.63) is 50.9 Å². The number of primary amides is 1. The van der Waals surface area contributed by atoms with Gasteiger partial charge in [-0.1, -0.05) is 11.6 Å². The first-order chi connectivity index (χ1) is 8.56. The molecule has 1 aromatic carbocycles. The summed E-state index contributed by atoms with van der Waals surface area (Å²) in [6.45, 7) is 0.441. The normalized spacial score (nSPS) is 10.3. The summed E-state index contributed by atoms with van der Waals surface area (Å²) in [6.07, 6.45) is 0. The molecular formula is C12H10ClFN2OS. The summed E-state index contributed by atoms with van der Waals surface area (Å²) in [6, 6.07) is 7.59. The van der Waals surface area contributed by atoms with E-state index in [1.165, 1.54) is 29.5 Å². The Bertz CT molecular complexity index is 585. The van der Waals surface area contributed by atoms with Crippen LogP contribution in [0.15, 0.2) is 30.3 Å². The van der Waals surface area contributed by atoms with Crippen LogP contribution in [0.5, 0.6) is 0 Å². The lowest BCUT2D eigenvalue weighted by molar-refractivity contribution is 0.100. The number of hydrogen-bond acceptors (Lipinski definition) is 3. The zero-order valence-corrected chi connectivity index (χ0v) is 10.8. The first kappa shape index (κ1) is 12.9. The van der Waals surface area contributed by atoms with Crippen LogP contribution in [-0.2, 0) is 6.54 Å². The predicted molar refractivity (Wildman–Crippen MR) is 71.6 cm³/mol. The Labute approximate surface area is 112 Å². The molecule has 1 aromatic heterocycles. The topological polar surface area (TPSA) is 55.1 Å². The van der Waals surface area contributed by atoms with Crippen molar-refractivity contribution in [1.29, 1.82) is 0 Å². The average molecular weight is 285 g/mol. The van der Waals surface area contributed by atoms with E-state index in [1.807, 2.05) is 6.07 Å². The van der Waals surface area contributed by atoms with Crippen LogP contribution in [0.25, 0.3) is 0 Å². The molecule has 0 bridgehead atoms. The molecule has 2 rings (SSSR count). The molecule has 1 heterocycles. The third kappa shape index (κ3) is 3.00. The zero-order chi connectivity index (χ0) is 13.1. The van der Waals surface area contributed by atoms with Crippen LogP contribution >= 0.6 is 22.9 Å². The monoisotopic (exact) mass is 284 g/mol. The molecule has 0 spiro atoms. The highest BCUT2D eigenvalue weighted by Gasteiger charge is 2.07. The summed E-state index contributed by atoms with van der Waals surface area (Å²) >= 11 is 7.21. The van der Waals surface area contributed by atoms with Crippen molar-refractivity contribution in [2.45, 2.75) is 6.54 Å². The van der Waals surface area contributed by atoms with E-state index >= 15 is 0 Å². The van der Waals surface area contributed by atoms with E-state index in [0.717, 1.165) is 4.88 Å². The number of halogens is 2. The van der Waals surface area contributed by atoms with Gasteiger partial charge in [0.1, 0.15) is 5.82 Å². The van der Waals surface area contributed by atoms with Crippen LogP contribution in [0.3, 0.4) is 0 Å². The van der Waals surface area contributed by atoms with Crippen LogP contribution < -0.4 is 11.1 Å². The molecule has 0 unspecified atom stereocenters. The summed E-state index contributed by atoms with van der Waals surface area (Å²) < 4.78 is 14.2. The molecule has 0 aliphatic rings. The number of benzene rings is 1. The fourth-order valence-electron chi connectivity index (χ4n) is 1.44. The van der Waals surface area contributed by atoms with E-state index in [0.29, 0.717) is 10.9 Å². The third-order valence-electron chi connectivity index (χ3n) is 2.33. The molecule has 2 aromatic rings. The van der Waals surface area contributed by atoms with E-state index in [4.69, 9.17) is 17.3 Å².